The minimum atomic E-state index is 0.745. The van der Waals surface area contributed by atoms with Crippen LogP contribution in [-0.4, -0.2) is 14.8 Å². The predicted molar refractivity (Wildman–Crippen MR) is 78.1 cm³/mol. The first-order valence-corrected chi connectivity index (χ1v) is 6.91. The van der Waals surface area contributed by atoms with Gasteiger partial charge in [0.05, 0.1) is 18.4 Å². The van der Waals surface area contributed by atoms with Gasteiger partial charge in [-0.1, -0.05) is 18.2 Å². The van der Waals surface area contributed by atoms with Crippen LogP contribution >= 0.6 is 11.3 Å². The van der Waals surface area contributed by atoms with Crippen molar-refractivity contribution in [2.45, 2.75) is 6.54 Å². The van der Waals surface area contributed by atoms with Crippen molar-refractivity contribution in [2.24, 2.45) is 7.05 Å². The summed E-state index contributed by atoms with van der Waals surface area (Å²) in [6.45, 7) is 0.745. The van der Waals surface area contributed by atoms with Crippen LogP contribution in [0.3, 0.4) is 0 Å². The molecule has 19 heavy (non-hydrogen) atoms. The number of aryl methyl sites for hydroxylation is 1. The third-order valence-electron chi connectivity index (χ3n) is 2.77. The highest BCUT2D eigenvalue weighted by molar-refractivity contribution is 7.09. The van der Waals surface area contributed by atoms with E-state index in [2.05, 4.69) is 32.9 Å². The van der Waals surface area contributed by atoms with Gasteiger partial charge in [-0.25, -0.2) is 4.98 Å². The number of aromatic nitrogens is 3. The molecule has 0 spiro atoms. The van der Waals surface area contributed by atoms with Gasteiger partial charge < -0.3 is 5.32 Å². The molecule has 2 aromatic heterocycles. The van der Waals surface area contributed by atoms with Gasteiger partial charge in [0, 0.05) is 29.9 Å². The van der Waals surface area contributed by atoms with Gasteiger partial charge in [-0.15, -0.1) is 11.3 Å². The quantitative estimate of drug-likeness (QED) is 0.792. The zero-order valence-corrected chi connectivity index (χ0v) is 11.4. The topological polar surface area (TPSA) is 42.7 Å². The van der Waals surface area contributed by atoms with Crippen LogP contribution in [0.15, 0.2) is 48.1 Å². The monoisotopic (exact) mass is 270 g/mol. The highest BCUT2D eigenvalue weighted by Crippen LogP contribution is 2.21. The lowest BCUT2D eigenvalue weighted by Gasteiger charge is -2.02. The lowest BCUT2D eigenvalue weighted by molar-refractivity contribution is 0.768. The Hall–Kier alpha value is -2.14. The number of thiazole rings is 1. The fourth-order valence-electron chi connectivity index (χ4n) is 1.81. The molecule has 0 saturated heterocycles. The van der Waals surface area contributed by atoms with Gasteiger partial charge in [0.2, 0.25) is 0 Å². The van der Waals surface area contributed by atoms with Crippen molar-refractivity contribution in [2.75, 3.05) is 5.32 Å². The van der Waals surface area contributed by atoms with Gasteiger partial charge in [0.1, 0.15) is 5.01 Å². The Morgan fingerprint density at radius 3 is 2.84 bits per heavy atom. The van der Waals surface area contributed by atoms with Crippen molar-refractivity contribution < 1.29 is 0 Å². The van der Waals surface area contributed by atoms with Gasteiger partial charge in [-0.3, -0.25) is 4.68 Å². The largest absolute Gasteiger partial charge is 0.379 e. The predicted octanol–water partition coefficient (Wildman–Crippen LogP) is 3.16. The molecule has 0 aliphatic rings. The highest BCUT2D eigenvalue weighted by atomic mass is 32.1. The molecule has 0 aliphatic carbocycles. The number of hydrogen-bond acceptors (Lipinski definition) is 4. The molecule has 0 unspecified atom stereocenters. The summed E-state index contributed by atoms with van der Waals surface area (Å²) in [6.07, 6.45) is 3.81. The Morgan fingerprint density at radius 1 is 1.26 bits per heavy atom. The van der Waals surface area contributed by atoms with E-state index in [0.717, 1.165) is 28.5 Å². The van der Waals surface area contributed by atoms with E-state index in [1.54, 1.807) is 16.0 Å². The number of benzene rings is 1. The molecule has 5 heteroatoms. The summed E-state index contributed by atoms with van der Waals surface area (Å²) >= 11 is 1.66. The Kier molecular flexibility index (Phi) is 3.29. The maximum atomic E-state index is 4.61. The number of hydrogen-bond donors (Lipinski definition) is 1. The maximum absolute atomic E-state index is 4.61. The molecule has 0 bridgehead atoms. The summed E-state index contributed by atoms with van der Waals surface area (Å²) in [7, 11) is 1.91. The van der Waals surface area contributed by atoms with E-state index >= 15 is 0 Å². The Morgan fingerprint density at radius 2 is 2.11 bits per heavy atom. The SMILES string of the molecule is Cn1cc(-c2csc(CNc3ccccc3)n2)cn1. The minimum Gasteiger partial charge on any atom is -0.379 e. The minimum absolute atomic E-state index is 0.745. The zero-order chi connectivity index (χ0) is 13.1. The number of para-hydroxylation sites is 1. The second-order valence-electron chi connectivity index (χ2n) is 4.25. The molecule has 0 amide bonds. The van der Waals surface area contributed by atoms with Crippen LogP contribution in [0.5, 0.6) is 0 Å². The summed E-state index contributed by atoms with van der Waals surface area (Å²) in [6, 6.07) is 10.1. The van der Waals surface area contributed by atoms with Crippen molar-refractivity contribution in [1.29, 1.82) is 0 Å². The average Bonchev–Trinajstić information content (AvgIpc) is 3.06. The number of nitrogens with one attached hydrogen (secondary N) is 1. The average molecular weight is 270 g/mol. The van der Waals surface area contributed by atoms with Crippen LogP contribution in [0.25, 0.3) is 11.3 Å². The molecular formula is C14H14N4S. The molecule has 0 atom stereocenters. The molecule has 1 N–H and O–H groups in total. The van der Waals surface area contributed by atoms with Gasteiger partial charge in [-0.05, 0) is 12.1 Å². The summed E-state index contributed by atoms with van der Waals surface area (Å²) in [5.41, 5.74) is 3.16. The van der Waals surface area contributed by atoms with E-state index in [0.29, 0.717) is 0 Å². The standard InChI is InChI=1S/C14H14N4S/c1-18-9-11(7-16-18)13-10-19-14(17-13)8-15-12-5-3-2-4-6-12/h2-7,9-10,15H,8H2,1H3. The molecule has 0 saturated carbocycles. The highest BCUT2D eigenvalue weighted by Gasteiger charge is 2.06. The van der Waals surface area contributed by atoms with E-state index < -0.39 is 0 Å². The van der Waals surface area contributed by atoms with E-state index in [1.165, 1.54) is 0 Å². The van der Waals surface area contributed by atoms with Crippen molar-refractivity contribution in [1.82, 2.24) is 14.8 Å². The number of nitrogens with zero attached hydrogens (tertiary/aromatic N) is 3. The van der Waals surface area contributed by atoms with Gasteiger partial charge in [-0.2, -0.15) is 5.10 Å². The molecule has 4 nitrogen and oxygen atoms in total. The van der Waals surface area contributed by atoms with Gasteiger partial charge in [0.25, 0.3) is 0 Å². The molecule has 1 aromatic carbocycles. The van der Waals surface area contributed by atoms with Crippen LogP contribution in [0.2, 0.25) is 0 Å². The van der Waals surface area contributed by atoms with E-state index in [9.17, 15) is 0 Å². The van der Waals surface area contributed by atoms with Crippen LogP contribution in [0, 0.1) is 0 Å². The normalized spacial score (nSPS) is 10.6. The molecule has 96 valence electrons. The fraction of sp³-hybridized carbons (Fsp3) is 0.143. The Labute approximate surface area is 115 Å². The third-order valence-corrected chi connectivity index (χ3v) is 3.62. The first-order valence-electron chi connectivity index (χ1n) is 6.03. The smallest absolute Gasteiger partial charge is 0.112 e. The Bertz CT molecular complexity index is 657. The summed E-state index contributed by atoms with van der Waals surface area (Å²) in [5, 5.41) is 10.7. The second-order valence-corrected chi connectivity index (χ2v) is 5.19. The molecule has 0 fully saturated rings. The lowest BCUT2D eigenvalue weighted by atomic mass is 10.3. The van der Waals surface area contributed by atoms with Crippen LogP contribution in [-0.2, 0) is 13.6 Å². The summed E-state index contributed by atoms with van der Waals surface area (Å²) < 4.78 is 1.79. The Balaban J connectivity index is 1.68. The number of rotatable bonds is 4. The van der Waals surface area contributed by atoms with Crippen molar-refractivity contribution in [3.8, 4) is 11.3 Å². The molecule has 2 heterocycles. The van der Waals surface area contributed by atoms with Crippen LogP contribution < -0.4 is 5.32 Å². The molecule has 0 aliphatic heterocycles. The van der Waals surface area contributed by atoms with E-state index in [4.69, 9.17) is 0 Å². The lowest BCUT2D eigenvalue weighted by Crippen LogP contribution is -1.98. The van der Waals surface area contributed by atoms with Crippen molar-refractivity contribution in [3.05, 3.63) is 53.1 Å². The first kappa shape index (κ1) is 11.9. The molecule has 3 rings (SSSR count). The fourth-order valence-corrected chi connectivity index (χ4v) is 2.55. The first-order chi connectivity index (χ1) is 9.31. The summed E-state index contributed by atoms with van der Waals surface area (Å²) in [4.78, 5) is 4.61. The van der Waals surface area contributed by atoms with Gasteiger partial charge >= 0.3 is 0 Å². The van der Waals surface area contributed by atoms with Crippen LogP contribution in [0.1, 0.15) is 5.01 Å². The summed E-state index contributed by atoms with van der Waals surface area (Å²) in [5.74, 6) is 0. The third kappa shape index (κ3) is 2.82. The van der Waals surface area contributed by atoms with Crippen LogP contribution in [0.4, 0.5) is 5.69 Å². The van der Waals surface area contributed by atoms with Crippen molar-refractivity contribution >= 4 is 17.0 Å². The second kappa shape index (κ2) is 5.24. The molecular weight excluding hydrogens is 256 g/mol. The van der Waals surface area contributed by atoms with E-state index in [-0.39, 0.29) is 0 Å². The molecule has 3 aromatic rings. The maximum Gasteiger partial charge on any atom is 0.112 e. The zero-order valence-electron chi connectivity index (χ0n) is 10.6. The molecule has 0 radical (unpaired) electrons. The number of anilines is 1. The van der Waals surface area contributed by atoms with Crippen molar-refractivity contribution in [3.63, 3.8) is 0 Å². The van der Waals surface area contributed by atoms with Gasteiger partial charge in [0.15, 0.2) is 0 Å². The van der Waals surface area contributed by atoms with E-state index in [1.807, 2.05) is 37.6 Å².